The van der Waals surface area contributed by atoms with Crippen LogP contribution in [-0.4, -0.2) is 83.4 Å². The number of aromatic nitrogens is 3. The van der Waals surface area contributed by atoms with Gasteiger partial charge in [-0.1, -0.05) is 0 Å². The van der Waals surface area contributed by atoms with Gasteiger partial charge in [0.05, 0.1) is 36.1 Å². The van der Waals surface area contributed by atoms with Crippen LogP contribution >= 0.6 is 0 Å². The minimum atomic E-state index is -0.725. The summed E-state index contributed by atoms with van der Waals surface area (Å²) < 4.78 is 27.4. The molecule has 2 bridgehead atoms. The number of rotatable bonds is 9. The first-order valence-corrected chi connectivity index (χ1v) is 15.9. The van der Waals surface area contributed by atoms with E-state index < -0.39 is 22.8 Å². The third kappa shape index (κ3) is 5.24. The van der Waals surface area contributed by atoms with Crippen LogP contribution < -0.4 is 20.0 Å². The molecule has 242 valence electrons. The Bertz CT molecular complexity index is 1940. The lowest BCUT2D eigenvalue weighted by molar-refractivity contribution is 0.0524. The Labute approximate surface area is 272 Å². The third-order valence-electron chi connectivity index (χ3n) is 9.87. The molecule has 0 saturated carbocycles. The average Bonchev–Trinajstić information content (AvgIpc) is 3.59. The summed E-state index contributed by atoms with van der Waals surface area (Å²) in [5.74, 6) is -0.452. The highest BCUT2D eigenvalue weighted by Crippen LogP contribution is 2.52. The van der Waals surface area contributed by atoms with Crippen molar-refractivity contribution in [1.29, 1.82) is 0 Å². The maximum Gasteiger partial charge on any atom is 0.343 e. The first-order chi connectivity index (χ1) is 22.7. The summed E-state index contributed by atoms with van der Waals surface area (Å²) in [5, 5.41) is 0.235. The molecule has 1 aromatic carbocycles. The minimum absolute atomic E-state index is 0.0483. The van der Waals surface area contributed by atoms with Crippen LogP contribution in [0, 0.1) is 12.4 Å². The predicted molar refractivity (Wildman–Crippen MR) is 176 cm³/mol. The zero-order chi connectivity index (χ0) is 32.9. The Morgan fingerprint density at radius 2 is 1.96 bits per heavy atom. The van der Waals surface area contributed by atoms with E-state index in [9.17, 15) is 14.0 Å². The highest BCUT2D eigenvalue weighted by molar-refractivity contribution is 5.98. The molecular weight excluding hydrogens is 601 g/mol. The molecule has 0 aliphatic carbocycles. The van der Waals surface area contributed by atoms with Gasteiger partial charge in [0.2, 0.25) is 17.0 Å². The van der Waals surface area contributed by atoms with E-state index in [-0.39, 0.29) is 36.1 Å². The van der Waals surface area contributed by atoms with Crippen molar-refractivity contribution in [3.63, 3.8) is 0 Å². The lowest BCUT2D eigenvalue weighted by Crippen LogP contribution is -2.57. The van der Waals surface area contributed by atoms with Crippen LogP contribution in [0.2, 0.25) is 0 Å². The van der Waals surface area contributed by atoms with E-state index in [2.05, 4.69) is 38.6 Å². The van der Waals surface area contributed by atoms with E-state index >= 15 is 0 Å². The lowest BCUT2D eigenvalue weighted by Gasteiger charge is -2.43. The summed E-state index contributed by atoms with van der Waals surface area (Å²) in [5.41, 5.74) is 1.08. The highest BCUT2D eigenvalue weighted by atomic mass is 19.1. The van der Waals surface area contributed by atoms with Crippen LogP contribution in [0.3, 0.4) is 0 Å². The van der Waals surface area contributed by atoms with Gasteiger partial charge in [-0.25, -0.2) is 24.0 Å². The molecule has 0 unspecified atom stereocenters. The normalized spacial score (nSPS) is 20.5. The number of halogens is 1. The Hall–Kier alpha value is -5.02. The molecular formula is C35H36FN7O4. The molecule has 3 aromatic heterocycles. The third-order valence-corrected chi connectivity index (χ3v) is 9.87. The van der Waals surface area contributed by atoms with Crippen molar-refractivity contribution in [2.75, 3.05) is 50.2 Å². The molecule has 6 heterocycles. The Morgan fingerprint density at radius 3 is 2.62 bits per heavy atom. The van der Waals surface area contributed by atoms with Gasteiger partial charge in [0.1, 0.15) is 18.0 Å². The summed E-state index contributed by atoms with van der Waals surface area (Å²) in [6.07, 6.45) is 8.15. The number of hydrogen-bond donors (Lipinski definition) is 0. The number of ether oxygens (including phenoxy) is 2. The standard InChI is InChI=1S/C35H36FN7O4/c1-5-46-34(45)26-20-42(23-8-9-31(39-17-23)41-18-24(19-41)40(3)4)29-16-30(28(37-2)15-25(29)32(26)44)43-22-10-12-35(43,13-11-22)21-47-33-27(36)7-6-14-38-33/h6-9,14-17,20,22,24H,5,10-13,18-19,21H2,1,3-4H3. The summed E-state index contributed by atoms with van der Waals surface area (Å²) in [4.78, 5) is 46.0. The van der Waals surface area contributed by atoms with E-state index in [0.717, 1.165) is 44.6 Å². The molecule has 3 saturated heterocycles. The molecule has 0 amide bonds. The largest absolute Gasteiger partial charge is 0.473 e. The molecule has 11 nitrogen and oxygen atoms in total. The minimum Gasteiger partial charge on any atom is -0.473 e. The van der Waals surface area contributed by atoms with Gasteiger partial charge in [-0.05, 0) is 83.1 Å². The average molecular weight is 638 g/mol. The number of nitrogens with zero attached hydrogens (tertiary/aromatic N) is 7. The van der Waals surface area contributed by atoms with Gasteiger partial charge in [0.15, 0.2) is 5.82 Å². The van der Waals surface area contributed by atoms with Gasteiger partial charge in [-0.15, -0.1) is 0 Å². The SMILES string of the molecule is [C-]#[N+]c1cc2c(=O)c(C(=O)OCC)cn(-c3ccc(N4CC(N(C)C)C4)nc3)c2cc1N1C2CCC1(COc1ncccc1F)CC2. The molecule has 0 N–H and O–H groups in total. The fourth-order valence-corrected chi connectivity index (χ4v) is 7.25. The molecule has 3 aliphatic heterocycles. The van der Waals surface area contributed by atoms with Crippen LogP contribution in [0.25, 0.3) is 21.4 Å². The number of likely N-dealkylation sites (N-methyl/N-ethyl adjacent to an activating group) is 1. The second-order valence-corrected chi connectivity index (χ2v) is 12.7. The molecule has 3 aliphatic rings. The second-order valence-electron chi connectivity index (χ2n) is 12.7. The number of carbonyl (C=O) groups is 1. The van der Waals surface area contributed by atoms with E-state index in [0.29, 0.717) is 28.6 Å². The molecule has 4 aromatic rings. The van der Waals surface area contributed by atoms with E-state index in [1.54, 1.807) is 23.8 Å². The zero-order valence-electron chi connectivity index (χ0n) is 26.6. The lowest BCUT2D eigenvalue weighted by atomic mass is 9.88. The van der Waals surface area contributed by atoms with E-state index in [4.69, 9.17) is 21.0 Å². The number of esters is 1. The van der Waals surface area contributed by atoms with Gasteiger partial charge in [-0.3, -0.25) is 4.79 Å². The number of anilines is 2. The molecule has 0 spiro atoms. The molecule has 0 atom stereocenters. The molecule has 3 fully saturated rings. The van der Waals surface area contributed by atoms with Gasteiger partial charge in [0, 0.05) is 48.6 Å². The van der Waals surface area contributed by atoms with Crippen LogP contribution in [0.5, 0.6) is 5.88 Å². The second kappa shape index (κ2) is 12.0. The van der Waals surface area contributed by atoms with Crippen molar-refractivity contribution in [3.8, 4) is 11.6 Å². The fraction of sp³-hybridized carbons (Fsp3) is 0.400. The topological polar surface area (TPSA) is 97.4 Å². The van der Waals surface area contributed by atoms with Crippen molar-refractivity contribution in [3.05, 3.63) is 88.0 Å². The van der Waals surface area contributed by atoms with E-state index in [1.807, 2.05) is 18.2 Å². The van der Waals surface area contributed by atoms with E-state index in [1.165, 1.54) is 24.5 Å². The van der Waals surface area contributed by atoms with Crippen LogP contribution in [-0.2, 0) is 4.74 Å². The number of carbonyl (C=O) groups excluding carboxylic acids is 1. The fourth-order valence-electron chi connectivity index (χ4n) is 7.25. The number of fused-ring (bicyclic) bond motifs is 3. The highest BCUT2D eigenvalue weighted by Gasteiger charge is 2.53. The van der Waals surface area contributed by atoms with Crippen LogP contribution in [0.4, 0.5) is 21.6 Å². The molecule has 0 radical (unpaired) electrons. The monoisotopic (exact) mass is 637 g/mol. The summed E-state index contributed by atoms with van der Waals surface area (Å²) >= 11 is 0. The van der Waals surface area contributed by atoms with Gasteiger partial charge in [0.25, 0.3) is 0 Å². The van der Waals surface area contributed by atoms with Crippen molar-refractivity contribution in [2.45, 2.75) is 50.2 Å². The van der Waals surface area contributed by atoms with Gasteiger partial charge >= 0.3 is 5.97 Å². The van der Waals surface area contributed by atoms with Crippen molar-refractivity contribution >= 4 is 34.1 Å². The summed E-state index contributed by atoms with van der Waals surface area (Å²) in [6.45, 7) is 11.9. The first-order valence-electron chi connectivity index (χ1n) is 15.9. The maximum atomic E-state index is 14.4. The van der Waals surface area contributed by atoms with Crippen LogP contribution in [0.15, 0.2) is 59.8 Å². The summed E-state index contributed by atoms with van der Waals surface area (Å²) in [6, 6.07) is 10.8. The molecule has 7 rings (SSSR count). The predicted octanol–water partition coefficient (Wildman–Crippen LogP) is 4.98. The van der Waals surface area contributed by atoms with Crippen molar-refractivity contribution in [2.24, 2.45) is 0 Å². The van der Waals surface area contributed by atoms with Gasteiger partial charge < -0.3 is 28.7 Å². The number of benzene rings is 1. The quantitative estimate of drug-likeness (QED) is 0.186. The maximum absolute atomic E-state index is 14.4. The Balaban J connectivity index is 1.32. The first kappa shape index (κ1) is 30.6. The zero-order valence-corrected chi connectivity index (χ0v) is 26.6. The van der Waals surface area contributed by atoms with Gasteiger partial charge in [-0.2, -0.15) is 0 Å². The van der Waals surface area contributed by atoms with Crippen molar-refractivity contribution in [1.82, 2.24) is 19.4 Å². The number of pyridine rings is 3. The molecule has 47 heavy (non-hydrogen) atoms. The van der Waals surface area contributed by atoms with Crippen LogP contribution in [0.1, 0.15) is 43.0 Å². The van der Waals surface area contributed by atoms with Crippen molar-refractivity contribution < 1.29 is 18.7 Å². The Kier molecular flexibility index (Phi) is 7.80. The smallest absolute Gasteiger partial charge is 0.343 e. The number of hydrogen-bond acceptors (Lipinski definition) is 9. The Morgan fingerprint density at radius 1 is 1.17 bits per heavy atom. The summed E-state index contributed by atoms with van der Waals surface area (Å²) in [7, 11) is 4.13. The molecule has 12 heteroatoms.